The second kappa shape index (κ2) is 11.5. The van der Waals surface area contributed by atoms with E-state index in [-0.39, 0.29) is 23.1 Å². The van der Waals surface area contributed by atoms with Crippen molar-refractivity contribution >= 4 is 6.09 Å². The second-order valence-electron chi connectivity index (χ2n) is 12.7. The van der Waals surface area contributed by atoms with Crippen LogP contribution in [0.25, 0.3) is 11.1 Å². The fraction of sp³-hybridized carbons (Fsp3) is 0.469. The molecule has 2 heterocycles. The van der Waals surface area contributed by atoms with Gasteiger partial charge in [0.2, 0.25) is 0 Å². The van der Waals surface area contributed by atoms with Gasteiger partial charge in [-0.25, -0.2) is 13.6 Å². The van der Waals surface area contributed by atoms with Crippen molar-refractivity contribution in [3.8, 4) is 11.1 Å². The second-order valence-corrected chi connectivity index (χ2v) is 12.7. The molecule has 1 aromatic heterocycles. The van der Waals surface area contributed by atoms with Gasteiger partial charge in [0.1, 0.15) is 17.2 Å². The summed E-state index contributed by atoms with van der Waals surface area (Å²) in [5.41, 5.74) is 2.33. The molecule has 1 fully saturated rings. The lowest BCUT2D eigenvalue weighted by molar-refractivity contribution is 0.0287. The highest BCUT2D eigenvalue weighted by molar-refractivity contribution is 5.68. The molecule has 3 aromatic rings. The molecule has 4 rings (SSSR count). The Hall–Kier alpha value is -3.19. The van der Waals surface area contributed by atoms with Gasteiger partial charge in [0.25, 0.3) is 0 Å². The minimum atomic E-state index is -0.520. The van der Waals surface area contributed by atoms with E-state index in [0.29, 0.717) is 31.1 Å². The summed E-state index contributed by atoms with van der Waals surface area (Å²) in [4.78, 5) is 14.3. The van der Waals surface area contributed by atoms with E-state index in [1.54, 1.807) is 4.90 Å². The number of benzene rings is 2. The number of rotatable bonds is 7. The highest BCUT2D eigenvalue weighted by atomic mass is 19.1. The zero-order chi connectivity index (χ0) is 28.4. The van der Waals surface area contributed by atoms with Crippen molar-refractivity contribution < 1.29 is 18.3 Å². The minimum absolute atomic E-state index is 0.0674. The summed E-state index contributed by atoms with van der Waals surface area (Å²) in [6.45, 7) is 14.8. The predicted octanol–water partition coefficient (Wildman–Crippen LogP) is 7.42. The lowest BCUT2D eigenvalue weighted by Crippen LogP contribution is -2.38. The van der Waals surface area contributed by atoms with Crippen LogP contribution in [-0.4, -0.2) is 40.8 Å². The number of aromatic nitrogens is 1. The topological polar surface area (TPSA) is 46.5 Å². The molecular weight excluding hydrogens is 496 g/mol. The van der Waals surface area contributed by atoms with E-state index in [0.717, 1.165) is 30.3 Å². The third-order valence-electron chi connectivity index (χ3n) is 7.08. The molecule has 39 heavy (non-hydrogen) atoms. The smallest absolute Gasteiger partial charge is 0.410 e. The van der Waals surface area contributed by atoms with E-state index < -0.39 is 17.2 Å². The third kappa shape index (κ3) is 7.47. The average Bonchev–Trinajstić information content (AvgIpc) is 3.47. The van der Waals surface area contributed by atoms with Crippen molar-refractivity contribution in [2.75, 3.05) is 19.6 Å². The van der Waals surface area contributed by atoms with Crippen LogP contribution in [0.4, 0.5) is 13.6 Å². The monoisotopic (exact) mass is 537 g/mol. The van der Waals surface area contributed by atoms with Crippen molar-refractivity contribution in [2.24, 2.45) is 11.3 Å². The Morgan fingerprint density at radius 2 is 1.77 bits per heavy atom. The van der Waals surface area contributed by atoms with Crippen LogP contribution in [-0.2, 0) is 11.3 Å². The number of likely N-dealkylation sites (tertiary alicyclic amines) is 1. The Bertz CT molecular complexity index is 1270. The number of ether oxygens (including phenoxy) is 1. The molecule has 2 atom stereocenters. The van der Waals surface area contributed by atoms with Crippen LogP contribution in [0.5, 0.6) is 0 Å². The van der Waals surface area contributed by atoms with Gasteiger partial charge in [-0.05, 0) is 68.4 Å². The molecule has 210 valence electrons. The molecule has 0 bridgehead atoms. The number of halogens is 2. The molecule has 1 amide bonds. The number of nitrogens with one attached hydrogen (secondary N) is 1. The largest absolute Gasteiger partial charge is 0.444 e. The lowest BCUT2D eigenvalue weighted by atomic mass is 9.84. The lowest BCUT2D eigenvalue weighted by Gasteiger charge is -2.34. The zero-order valence-corrected chi connectivity index (χ0v) is 23.9. The number of carbonyl (C=O) groups is 1. The zero-order valence-electron chi connectivity index (χ0n) is 23.9. The van der Waals surface area contributed by atoms with Crippen LogP contribution >= 0.6 is 0 Å². The number of carbonyl (C=O) groups excluding carboxylic acids is 1. The SMILES string of the molecule is CC(C)(C)OC(=O)N1CC[C@H](CN[C@@H](c2cc(-c3cc(F)ccc3F)cn2Cc2ccccc2)C(C)(C)C)C1. The van der Waals surface area contributed by atoms with Crippen LogP contribution < -0.4 is 5.32 Å². The molecule has 0 saturated carbocycles. The van der Waals surface area contributed by atoms with Crippen molar-refractivity contribution in [2.45, 2.75) is 66.2 Å². The Balaban J connectivity index is 1.60. The summed E-state index contributed by atoms with van der Waals surface area (Å²) >= 11 is 0. The highest BCUT2D eigenvalue weighted by Gasteiger charge is 2.33. The molecule has 1 aliphatic rings. The quantitative estimate of drug-likeness (QED) is 0.341. The van der Waals surface area contributed by atoms with E-state index >= 15 is 0 Å². The Morgan fingerprint density at radius 3 is 2.44 bits per heavy atom. The average molecular weight is 538 g/mol. The summed E-state index contributed by atoms with van der Waals surface area (Å²) in [6.07, 6.45) is 2.55. The summed E-state index contributed by atoms with van der Waals surface area (Å²) in [5.74, 6) is -0.627. The summed E-state index contributed by atoms with van der Waals surface area (Å²) in [7, 11) is 0. The van der Waals surface area contributed by atoms with Gasteiger partial charge in [0, 0.05) is 49.2 Å². The van der Waals surface area contributed by atoms with Gasteiger partial charge in [0.05, 0.1) is 6.04 Å². The molecule has 0 spiro atoms. The van der Waals surface area contributed by atoms with Gasteiger partial charge >= 0.3 is 6.09 Å². The van der Waals surface area contributed by atoms with Crippen LogP contribution in [0, 0.1) is 23.0 Å². The maximum Gasteiger partial charge on any atom is 0.410 e. The van der Waals surface area contributed by atoms with Gasteiger partial charge in [0.15, 0.2) is 0 Å². The van der Waals surface area contributed by atoms with Gasteiger partial charge < -0.3 is 19.5 Å². The van der Waals surface area contributed by atoms with E-state index in [2.05, 4.69) is 42.8 Å². The summed E-state index contributed by atoms with van der Waals surface area (Å²) in [5, 5.41) is 3.78. The van der Waals surface area contributed by atoms with Crippen LogP contribution in [0.2, 0.25) is 0 Å². The molecule has 1 N–H and O–H groups in total. The van der Waals surface area contributed by atoms with Crippen molar-refractivity contribution in [1.82, 2.24) is 14.8 Å². The fourth-order valence-electron chi connectivity index (χ4n) is 5.18. The normalized spacial score (nSPS) is 16.9. The Labute approximate surface area is 231 Å². The number of hydrogen-bond donors (Lipinski definition) is 1. The first-order valence-corrected chi connectivity index (χ1v) is 13.7. The Kier molecular flexibility index (Phi) is 8.50. The van der Waals surface area contributed by atoms with Crippen LogP contribution in [0.1, 0.15) is 65.3 Å². The first-order chi connectivity index (χ1) is 18.3. The number of hydrogen-bond acceptors (Lipinski definition) is 3. The fourth-order valence-corrected chi connectivity index (χ4v) is 5.18. The van der Waals surface area contributed by atoms with Gasteiger partial charge in [-0.1, -0.05) is 51.1 Å². The number of nitrogens with zero attached hydrogens (tertiary/aromatic N) is 2. The van der Waals surface area contributed by atoms with Gasteiger partial charge in [-0.2, -0.15) is 0 Å². The molecule has 0 unspecified atom stereocenters. The van der Waals surface area contributed by atoms with Crippen LogP contribution in [0.15, 0.2) is 60.8 Å². The van der Waals surface area contributed by atoms with Gasteiger partial charge in [-0.3, -0.25) is 0 Å². The maximum atomic E-state index is 14.8. The molecule has 0 aliphatic carbocycles. The number of amides is 1. The van der Waals surface area contributed by atoms with Gasteiger partial charge in [-0.15, -0.1) is 0 Å². The third-order valence-corrected chi connectivity index (χ3v) is 7.08. The summed E-state index contributed by atoms with van der Waals surface area (Å²) < 4.78 is 36.6. The molecule has 5 nitrogen and oxygen atoms in total. The molecule has 2 aromatic carbocycles. The molecular formula is C32H41F2N3O2. The van der Waals surface area contributed by atoms with E-state index in [4.69, 9.17) is 4.74 Å². The predicted molar refractivity (Wildman–Crippen MR) is 151 cm³/mol. The first kappa shape index (κ1) is 28.8. The standard InChI is InChI=1S/C32H41F2N3O2/c1-31(2,3)29(35-18-23-14-15-36(20-23)30(38)39-32(4,5)6)28-16-24(26-17-25(33)12-13-27(26)34)21-37(28)19-22-10-8-7-9-11-22/h7-13,16-17,21,23,29,35H,14-15,18-20H2,1-6H3/t23-,29+/m1/s1. The first-order valence-electron chi connectivity index (χ1n) is 13.7. The summed E-state index contributed by atoms with van der Waals surface area (Å²) in [6, 6.07) is 15.6. The Morgan fingerprint density at radius 1 is 1.05 bits per heavy atom. The van der Waals surface area contributed by atoms with E-state index in [1.807, 2.05) is 51.2 Å². The maximum absolute atomic E-state index is 14.8. The minimum Gasteiger partial charge on any atom is -0.444 e. The molecule has 1 saturated heterocycles. The van der Waals surface area contributed by atoms with Crippen molar-refractivity contribution in [3.05, 3.63) is 83.7 Å². The highest BCUT2D eigenvalue weighted by Crippen LogP contribution is 2.37. The van der Waals surface area contributed by atoms with E-state index in [1.165, 1.54) is 12.1 Å². The molecule has 7 heteroatoms. The van der Waals surface area contributed by atoms with Crippen molar-refractivity contribution in [1.29, 1.82) is 0 Å². The van der Waals surface area contributed by atoms with Crippen molar-refractivity contribution in [3.63, 3.8) is 0 Å². The molecule has 1 aliphatic heterocycles. The van der Waals surface area contributed by atoms with E-state index in [9.17, 15) is 13.6 Å². The van der Waals surface area contributed by atoms with Crippen LogP contribution in [0.3, 0.4) is 0 Å². The molecule has 0 radical (unpaired) electrons.